The van der Waals surface area contributed by atoms with Gasteiger partial charge < -0.3 is 10.6 Å². The van der Waals surface area contributed by atoms with Gasteiger partial charge in [0.15, 0.2) is 0 Å². The molecule has 2 aliphatic rings. The van der Waals surface area contributed by atoms with Crippen LogP contribution in [-0.2, 0) is 0 Å². The van der Waals surface area contributed by atoms with Crippen LogP contribution in [0.15, 0.2) is 6.07 Å². The standard InChI is InChI=1S/C16H26N4/c1-4-9-17-13-10-14(19-15(18-13)11-5-6-11)20-16(2,3)12-7-8-12/h10-12H,4-9H2,1-3H3,(H2,17,18,19,20). The summed E-state index contributed by atoms with van der Waals surface area (Å²) in [5.41, 5.74) is 0.136. The lowest BCUT2D eigenvalue weighted by atomic mass is 9.99. The molecular weight excluding hydrogens is 248 g/mol. The van der Waals surface area contributed by atoms with Crippen LogP contribution in [0.2, 0.25) is 0 Å². The summed E-state index contributed by atoms with van der Waals surface area (Å²) in [4.78, 5) is 9.40. The molecule has 0 aromatic carbocycles. The van der Waals surface area contributed by atoms with Crippen LogP contribution in [0.3, 0.4) is 0 Å². The fourth-order valence-corrected chi connectivity index (χ4v) is 2.63. The van der Waals surface area contributed by atoms with Crippen molar-refractivity contribution in [1.82, 2.24) is 9.97 Å². The Morgan fingerprint density at radius 3 is 2.45 bits per heavy atom. The lowest BCUT2D eigenvalue weighted by Crippen LogP contribution is -2.33. The Morgan fingerprint density at radius 2 is 1.85 bits per heavy atom. The van der Waals surface area contributed by atoms with Gasteiger partial charge in [0.1, 0.15) is 17.5 Å². The van der Waals surface area contributed by atoms with Crippen molar-refractivity contribution in [3.8, 4) is 0 Å². The summed E-state index contributed by atoms with van der Waals surface area (Å²) in [6.45, 7) is 7.70. The molecule has 110 valence electrons. The molecule has 0 atom stereocenters. The van der Waals surface area contributed by atoms with E-state index in [1.165, 1.54) is 25.7 Å². The van der Waals surface area contributed by atoms with Crippen molar-refractivity contribution in [1.29, 1.82) is 0 Å². The zero-order valence-electron chi connectivity index (χ0n) is 12.9. The number of hydrogen-bond acceptors (Lipinski definition) is 4. The van der Waals surface area contributed by atoms with E-state index in [2.05, 4.69) is 42.5 Å². The minimum Gasteiger partial charge on any atom is -0.370 e. The van der Waals surface area contributed by atoms with Gasteiger partial charge in [0.25, 0.3) is 0 Å². The number of aromatic nitrogens is 2. The maximum Gasteiger partial charge on any atom is 0.136 e. The highest BCUT2D eigenvalue weighted by atomic mass is 15.1. The zero-order chi connectivity index (χ0) is 14.2. The number of nitrogens with zero attached hydrogens (tertiary/aromatic N) is 2. The molecule has 2 aliphatic carbocycles. The average molecular weight is 274 g/mol. The fourth-order valence-electron chi connectivity index (χ4n) is 2.63. The van der Waals surface area contributed by atoms with E-state index in [-0.39, 0.29) is 5.54 Å². The second-order valence-corrected chi connectivity index (χ2v) is 6.82. The van der Waals surface area contributed by atoms with E-state index in [9.17, 15) is 0 Å². The quantitative estimate of drug-likeness (QED) is 0.794. The summed E-state index contributed by atoms with van der Waals surface area (Å²) in [7, 11) is 0. The third-order valence-electron chi connectivity index (χ3n) is 4.29. The van der Waals surface area contributed by atoms with Gasteiger partial charge >= 0.3 is 0 Å². The van der Waals surface area contributed by atoms with Crippen molar-refractivity contribution in [3.63, 3.8) is 0 Å². The van der Waals surface area contributed by atoms with Crippen molar-refractivity contribution in [3.05, 3.63) is 11.9 Å². The summed E-state index contributed by atoms with van der Waals surface area (Å²) >= 11 is 0. The van der Waals surface area contributed by atoms with E-state index in [0.29, 0.717) is 5.92 Å². The molecule has 1 aromatic heterocycles. The molecule has 0 saturated heterocycles. The van der Waals surface area contributed by atoms with Crippen molar-refractivity contribution in [2.24, 2.45) is 5.92 Å². The molecule has 1 heterocycles. The molecule has 4 nitrogen and oxygen atoms in total. The van der Waals surface area contributed by atoms with E-state index >= 15 is 0 Å². The SMILES string of the molecule is CCCNc1cc(NC(C)(C)C2CC2)nc(C2CC2)n1. The topological polar surface area (TPSA) is 49.8 Å². The molecule has 1 aromatic rings. The van der Waals surface area contributed by atoms with Gasteiger partial charge in [-0.05, 0) is 51.9 Å². The predicted molar refractivity (Wildman–Crippen MR) is 83.2 cm³/mol. The van der Waals surface area contributed by atoms with Gasteiger partial charge in [-0.2, -0.15) is 0 Å². The summed E-state index contributed by atoms with van der Waals surface area (Å²) in [5, 5.41) is 7.03. The zero-order valence-corrected chi connectivity index (χ0v) is 12.9. The molecule has 20 heavy (non-hydrogen) atoms. The van der Waals surface area contributed by atoms with Crippen molar-refractivity contribution in [2.45, 2.75) is 64.3 Å². The van der Waals surface area contributed by atoms with Crippen LogP contribution in [0.5, 0.6) is 0 Å². The smallest absolute Gasteiger partial charge is 0.136 e. The van der Waals surface area contributed by atoms with Crippen LogP contribution in [-0.4, -0.2) is 22.1 Å². The molecule has 3 rings (SSSR count). The first-order valence-corrected chi connectivity index (χ1v) is 7.99. The van der Waals surface area contributed by atoms with Crippen molar-refractivity contribution in [2.75, 3.05) is 17.2 Å². The summed E-state index contributed by atoms with van der Waals surface area (Å²) < 4.78 is 0. The highest BCUT2D eigenvalue weighted by molar-refractivity contribution is 5.49. The molecule has 2 fully saturated rings. The first-order chi connectivity index (χ1) is 9.58. The molecule has 2 N–H and O–H groups in total. The minimum absolute atomic E-state index is 0.136. The van der Waals surface area contributed by atoms with Gasteiger partial charge in [-0.15, -0.1) is 0 Å². The molecule has 4 heteroatoms. The molecule has 0 radical (unpaired) electrons. The lowest BCUT2D eigenvalue weighted by Gasteiger charge is -2.27. The van der Waals surface area contributed by atoms with Gasteiger partial charge in [-0.3, -0.25) is 0 Å². The third-order valence-corrected chi connectivity index (χ3v) is 4.29. The maximum atomic E-state index is 4.74. The molecule has 0 spiro atoms. The normalized spacial score (nSPS) is 18.9. The van der Waals surface area contributed by atoms with E-state index in [4.69, 9.17) is 4.98 Å². The van der Waals surface area contributed by atoms with Gasteiger partial charge in [0.05, 0.1) is 0 Å². The largest absolute Gasteiger partial charge is 0.370 e. The second-order valence-electron chi connectivity index (χ2n) is 6.82. The van der Waals surface area contributed by atoms with Crippen LogP contribution < -0.4 is 10.6 Å². The number of nitrogens with one attached hydrogen (secondary N) is 2. The predicted octanol–water partition coefficient (Wildman–Crippen LogP) is 3.78. The maximum absolute atomic E-state index is 4.74. The van der Waals surface area contributed by atoms with Gasteiger partial charge in [-0.25, -0.2) is 9.97 Å². The Balaban J connectivity index is 1.78. The van der Waals surface area contributed by atoms with Crippen LogP contribution in [0.4, 0.5) is 11.6 Å². The molecule has 0 aliphatic heterocycles. The fraction of sp³-hybridized carbons (Fsp3) is 0.750. The number of hydrogen-bond donors (Lipinski definition) is 2. The van der Waals surface area contributed by atoms with E-state index in [1.807, 2.05) is 0 Å². The van der Waals surface area contributed by atoms with E-state index in [1.54, 1.807) is 0 Å². The van der Waals surface area contributed by atoms with Gasteiger partial charge in [0, 0.05) is 24.1 Å². The monoisotopic (exact) mass is 274 g/mol. The number of anilines is 2. The first kappa shape index (κ1) is 13.7. The third kappa shape index (κ3) is 3.22. The van der Waals surface area contributed by atoms with Crippen LogP contribution in [0.1, 0.15) is 64.6 Å². The highest BCUT2D eigenvalue weighted by Crippen LogP contribution is 2.42. The van der Waals surface area contributed by atoms with Crippen molar-refractivity contribution >= 4 is 11.6 Å². The molecule has 2 saturated carbocycles. The molecular formula is C16H26N4. The molecule has 0 bridgehead atoms. The summed E-state index contributed by atoms with van der Waals surface area (Å²) in [5.74, 6) is 4.34. The highest BCUT2D eigenvalue weighted by Gasteiger charge is 2.38. The second kappa shape index (κ2) is 5.23. The Hall–Kier alpha value is -1.32. The summed E-state index contributed by atoms with van der Waals surface area (Å²) in [6.07, 6.45) is 6.26. The summed E-state index contributed by atoms with van der Waals surface area (Å²) in [6, 6.07) is 2.06. The van der Waals surface area contributed by atoms with E-state index < -0.39 is 0 Å². The number of rotatable bonds is 7. The molecule has 0 amide bonds. The van der Waals surface area contributed by atoms with E-state index in [0.717, 1.165) is 36.3 Å². The van der Waals surface area contributed by atoms with Crippen LogP contribution >= 0.6 is 0 Å². The first-order valence-electron chi connectivity index (χ1n) is 7.99. The minimum atomic E-state index is 0.136. The Bertz CT molecular complexity index is 475. The average Bonchev–Trinajstić information content (AvgIpc) is 3.29. The van der Waals surface area contributed by atoms with Gasteiger partial charge in [-0.1, -0.05) is 6.92 Å². The lowest BCUT2D eigenvalue weighted by molar-refractivity contribution is 0.492. The van der Waals surface area contributed by atoms with Crippen LogP contribution in [0, 0.1) is 5.92 Å². The van der Waals surface area contributed by atoms with Crippen molar-refractivity contribution < 1.29 is 0 Å². The Morgan fingerprint density at radius 1 is 1.15 bits per heavy atom. The Kier molecular flexibility index (Phi) is 3.57. The molecule has 0 unspecified atom stereocenters. The van der Waals surface area contributed by atoms with Crippen LogP contribution in [0.25, 0.3) is 0 Å². The van der Waals surface area contributed by atoms with Gasteiger partial charge in [0.2, 0.25) is 0 Å². The Labute approximate surface area is 121 Å².